The summed E-state index contributed by atoms with van der Waals surface area (Å²) in [6.45, 7) is 2.46. The third-order valence-corrected chi connectivity index (χ3v) is 3.67. The second-order valence-electron chi connectivity index (χ2n) is 5.50. The van der Waals surface area contributed by atoms with Crippen molar-refractivity contribution in [3.63, 3.8) is 0 Å². The molecule has 0 amide bonds. The van der Waals surface area contributed by atoms with Crippen LogP contribution in [0.15, 0.2) is 18.2 Å². The minimum atomic E-state index is -4.72. The normalized spacial score (nSPS) is 16.8. The average Bonchev–Trinajstić information content (AvgIpc) is 3.16. The fourth-order valence-electron chi connectivity index (χ4n) is 2.23. The molecule has 0 saturated heterocycles. The molecule has 116 valence electrons. The third kappa shape index (κ3) is 4.27. The first-order valence-electron chi connectivity index (χ1n) is 6.87. The molecule has 2 rings (SSSR count). The predicted molar refractivity (Wildman–Crippen MR) is 70.4 cm³/mol. The monoisotopic (exact) mass is 303 g/mol. The van der Waals surface area contributed by atoms with Crippen molar-refractivity contribution in [3.8, 4) is 0 Å². The van der Waals surface area contributed by atoms with Gasteiger partial charge < -0.3 is 5.32 Å². The Bertz CT molecular complexity index is 523. The lowest BCUT2D eigenvalue weighted by atomic mass is 9.94. The van der Waals surface area contributed by atoms with Crippen molar-refractivity contribution in [2.75, 3.05) is 13.1 Å². The van der Waals surface area contributed by atoms with E-state index in [2.05, 4.69) is 5.32 Å². The van der Waals surface area contributed by atoms with E-state index in [0.29, 0.717) is 18.5 Å². The molecular weight excluding hydrogens is 286 g/mol. The zero-order chi connectivity index (χ0) is 15.6. The van der Waals surface area contributed by atoms with Crippen LogP contribution in [0.1, 0.15) is 36.8 Å². The van der Waals surface area contributed by atoms with Crippen LogP contribution >= 0.6 is 0 Å². The summed E-state index contributed by atoms with van der Waals surface area (Å²) in [6.07, 6.45) is -2.40. The predicted octanol–water partition coefficient (Wildman–Crippen LogP) is 3.52. The van der Waals surface area contributed by atoms with Crippen molar-refractivity contribution in [1.82, 2.24) is 5.32 Å². The number of halogens is 4. The van der Waals surface area contributed by atoms with Crippen LogP contribution < -0.4 is 5.32 Å². The van der Waals surface area contributed by atoms with Gasteiger partial charge in [-0.25, -0.2) is 4.39 Å². The Kier molecular flexibility index (Phi) is 4.66. The lowest BCUT2D eigenvalue weighted by Gasteiger charge is -2.17. The van der Waals surface area contributed by atoms with Crippen LogP contribution in [0.4, 0.5) is 17.6 Å². The molecule has 1 aliphatic carbocycles. The van der Waals surface area contributed by atoms with Gasteiger partial charge >= 0.3 is 6.18 Å². The maximum Gasteiger partial charge on any atom is 0.419 e. The molecule has 6 heteroatoms. The number of benzene rings is 1. The number of alkyl halides is 3. The minimum Gasteiger partial charge on any atom is -0.315 e. The van der Waals surface area contributed by atoms with E-state index in [1.54, 1.807) is 0 Å². The minimum absolute atomic E-state index is 0.197. The third-order valence-electron chi connectivity index (χ3n) is 3.67. The molecule has 0 spiro atoms. The van der Waals surface area contributed by atoms with Crippen LogP contribution in [0.3, 0.4) is 0 Å². The number of Topliss-reactive ketones (excluding diaryl/α,β-unsaturated/α-hetero) is 1. The van der Waals surface area contributed by atoms with Crippen LogP contribution in [-0.2, 0) is 11.0 Å². The molecule has 21 heavy (non-hydrogen) atoms. The van der Waals surface area contributed by atoms with Gasteiger partial charge in [-0.05, 0) is 49.9 Å². The largest absolute Gasteiger partial charge is 0.419 e. The molecule has 0 heterocycles. The van der Waals surface area contributed by atoms with Crippen molar-refractivity contribution in [2.24, 2.45) is 5.92 Å². The molecule has 0 unspecified atom stereocenters. The van der Waals surface area contributed by atoms with E-state index in [0.717, 1.165) is 25.5 Å². The molecule has 0 bridgehead atoms. The summed E-state index contributed by atoms with van der Waals surface area (Å²) in [5.41, 5.74) is -1.03. The summed E-state index contributed by atoms with van der Waals surface area (Å²) in [7, 11) is 0. The SMILES string of the molecule is CC(=O)[C@H](CNCC1CC1)c1ccc(C(F)(F)F)c(F)c1. The summed E-state index contributed by atoms with van der Waals surface area (Å²) in [5.74, 6) is -1.53. The first-order valence-corrected chi connectivity index (χ1v) is 6.87. The molecule has 1 aromatic carbocycles. The molecule has 1 fully saturated rings. The van der Waals surface area contributed by atoms with Crippen LogP contribution in [-0.4, -0.2) is 18.9 Å². The molecular formula is C15H17F4NO. The van der Waals surface area contributed by atoms with Crippen molar-refractivity contribution in [2.45, 2.75) is 31.9 Å². The Balaban J connectivity index is 2.11. The maximum atomic E-state index is 13.6. The van der Waals surface area contributed by atoms with Gasteiger partial charge in [0.05, 0.1) is 11.5 Å². The fraction of sp³-hybridized carbons (Fsp3) is 0.533. The summed E-state index contributed by atoms with van der Waals surface area (Å²) >= 11 is 0. The molecule has 0 radical (unpaired) electrons. The van der Waals surface area contributed by atoms with Crippen LogP contribution in [0.25, 0.3) is 0 Å². The Morgan fingerprint density at radius 3 is 2.52 bits per heavy atom. The van der Waals surface area contributed by atoms with Gasteiger partial charge in [0.1, 0.15) is 11.6 Å². The van der Waals surface area contributed by atoms with Crippen LogP contribution in [0.2, 0.25) is 0 Å². The standard InChI is InChI=1S/C15H17F4NO/c1-9(21)12(8-20-7-10-2-3-10)11-4-5-13(14(16)6-11)15(17,18)19/h4-6,10,12,20H,2-3,7-8H2,1H3/t12-/m0/s1. The number of carbonyl (C=O) groups is 1. The molecule has 1 aromatic rings. The van der Waals surface area contributed by atoms with Crippen LogP contribution in [0, 0.1) is 11.7 Å². The van der Waals surface area contributed by atoms with Gasteiger partial charge in [-0.2, -0.15) is 13.2 Å². The van der Waals surface area contributed by atoms with E-state index in [1.165, 1.54) is 13.0 Å². The summed E-state index contributed by atoms with van der Waals surface area (Å²) < 4.78 is 51.1. The fourth-order valence-corrected chi connectivity index (χ4v) is 2.23. The van der Waals surface area contributed by atoms with Gasteiger partial charge in [0.15, 0.2) is 0 Å². The van der Waals surface area contributed by atoms with E-state index in [-0.39, 0.29) is 11.3 Å². The molecule has 1 saturated carbocycles. The number of ketones is 1. The highest BCUT2D eigenvalue weighted by Crippen LogP contribution is 2.33. The number of rotatable bonds is 6. The van der Waals surface area contributed by atoms with Gasteiger partial charge in [-0.15, -0.1) is 0 Å². The highest BCUT2D eigenvalue weighted by atomic mass is 19.4. The smallest absolute Gasteiger partial charge is 0.315 e. The highest BCUT2D eigenvalue weighted by molar-refractivity contribution is 5.83. The summed E-state index contributed by atoms with van der Waals surface area (Å²) in [6, 6.07) is 2.69. The van der Waals surface area contributed by atoms with Crippen molar-refractivity contribution in [1.29, 1.82) is 0 Å². The molecule has 0 aromatic heterocycles. The quantitative estimate of drug-likeness (QED) is 0.815. The highest BCUT2D eigenvalue weighted by Gasteiger charge is 2.34. The van der Waals surface area contributed by atoms with Crippen molar-refractivity contribution >= 4 is 5.78 Å². The van der Waals surface area contributed by atoms with Gasteiger partial charge in [0.25, 0.3) is 0 Å². The number of nitrogens with one attached hydrogen (secondary N) is 1. The second kappa shape index (κ2) is 6.13. The van der Waals surface area contributed by atoms with Gasteiger partial charge in [0.2, 0.25) is 0 Å². The second-order valence-corrected chi connectivity index (χ2v) is 5.50. The number of carbonyl (C=O) groups excluding carboxylic acids is 1. The van der Waals surface area contributed by atoms with Crippen molar-refractivity contribution < 1.29 is 22.4 Å². The molecule has 2 nitrogen and oxygen atoms in total. The van der Waals surface area contributed by atoms with E-state index < -0.39 is 23.5 Å². The van der Waals surface area contributed by atoms with E-state index in [4.69, 9.17) is 0 Å². The van der Waals surface area contributed by atoms with Crippen LogP contribution in [0.5, 0.6) is 0 Å². The van der Waals surface area contributed by atoms with Gasteiger partial charge in [0, 0.05) is 6.54 Å². The molecule has 1 N–H and O–H groups in total. The van der Waals surface area contributed by atoms with E-state index in [1.807, 2.05) is 0 Å². The summed E-state index contributed by atoms with van der Waals surface area (Å²) in [5, 5.41) is 3.13. The van der Waals surface area contributed by atoms with Crippen molar-refractivity contribution in [3.05, 3.63) is 35.1 Å². The Labute approximate surface area is 120 Å². The van der Waals surface area contributed by atoms with E-state index >= 15 is 0 Å². The number of hydrogen-bond acceptors (Lipinski definition) is 2. The summed E-state index contributed by atoms with van der Waals surface area (Å²) in [4.78, 5) is 11.6. The number of hydrogen-bond donors (Lipinski definition) is 1. The Morgan fingerprint density at radius 2 is 2.05 bits per heavy atom. The zero-order valence-electron chi connectivity index (χ0n) is 11.6. The zero-order valence-corrected chi connectivity index (χ0v) is 11.6. The molecule has 1 atom stereocenters. The lowest BCUT2D eigenvalue weighted by Crippen LogP contribution is -2.27. The van der Waals surface area contributed by atoms with Gasteiger partial charge in [-0.1, -0.05) is 6.07 Å². The first kappa shape index (κ1) is 15.9. The maximum absolute atomic E-state index is 13.6. The topological polar surface area (TPSA) is 29.1 Å². The first-order chi connectivity index (χ1) is 9.79. The van der Waals surface area contributed by atoms with E-state index in [9.17, 15) is 22.4 Å². The van der Waals surface area contributed by atoms with Gasteiger partial charge in [-0.3, -0.25) is 4.79 Å². The lowest BCUT2D eigenvalue weighted by molar-refractivity contribution is -0.140. The molecule has 0 aliphatic heterocycles. The Hall–Kier alpha value is -1.43. The average molecular weight is 303 g/mol. The Morgan fingerprint density at radius 1 is 1.38 bits per heavy atom. The molecule has 1 aliphatic rings.